The zero-order chi connectivity index (χ0) is 28.5. The summed E-state index contributed by atoms with van der Waals surface area (Å²) in [5, 5.41) is 44.4. The number of aromatic hydroxyl groups is 1. The number of nitrogens with zero attached hydrogens (tertiary/aromatic N) is 2. The molecule has 0 bridgehead atoms. The van der Waals surface area contributed by atoms with Crippen molar-refractivity contribution in [1.29, 1.82) is 0 Å². The molecule has 1 amide bonds. The highest BCUT2D eigenvalue weighted by Crippen LogP contribution is 2.52. The standard InChI is InChI=1S/C27H31F2N3O7/c1-31(2)21-15-8-11-7-14-18(16(33)9-12(20(14)29)10-32-5-3-13(28)4-6-32)22(34)17(11)24(36)27(15,39)25(37)19(23(21)35)26(30)38/h9,11,13,15,21,33,35-36,39H,3-8,10H2,1-2H3,(H2,30,38)/t11-,15-,21-,27-/m0/s1. The molecule has 210 valence electrons. The fourth-order valence-corrected chi connectivity index (χ4v) is 6.77. The number of amides is 1. The summed E-state index contributed by atoms with van der Waals surface area (Å²) < 4.78 is 29.4. The number of aliphatic hydroxyl groups excluding tert-OH is 2. The highest BCUT2D eigenvalue weighted by Gasteiger charge is 2.63. The number of allylic oxidation sites excluding steroid dienone is 1. The van der Waals surface area contributed by atoms with Crippen LogP contribution in [0.5, 0.6) is 5.75 Å². The van der Waals surface area contributed by atoms with Gasteiger partial charge in [-0.2, -0.15) is 0 Å². The lowest BCUT2D eigenvalue weighted by molar-refractivity contribution is -0.148. The first-order chi connectivity index (χ1) is 18.3. The molecule has 0 unspecified atom stereocenters. The fourth-order valence-electron chi connectivity index (χ4n) is 6.77. The molecule has 0 spiro atoms. The Bertz CT molecular complexity index is 1350. The predicted octanol–water partition coefficient (Wildman–Crippen LogP) is 1.19. The van der Waals surface area contributed by atoms with E-state index in [1.165, 1.54) is 19.0 Å². The molecule has 4 aliphatic rings. The lowest BCUT2D eigenvalue weighted by Crippen LogP contribution is -2.63. The van der Waals surface area contributed by atoms with Gasteiger partial charge in [-0.15, -0.1) is 0 Å². The highest BCUT2D eigenvalue weighted by atomic mass is 19.1. The Morgan fingerprint density at radius 2 is 1.85 bits per heavy atom. The molecule has 0 radical (unpaired) electrons. The Morgan fingerprint density at radius 3 is 2.44 bits per heavy atom. The van der Waals surface area contributed by atoms with Gasteiger partial charge in [0.15, 0.2) is 11.4 Å². The van der Waals surface area contributed by atoms with E-state index in [-0.39, 0.29) is 41.6 Å². The molecule has 39 heavy (non-hydrogen) atoms. The van der Waals surface area contributed by atoms with Gasteiger partial charge in [-0.1, -0.05) is 0 Å². The number of phenols is 1. The quantitative estimate of drug-likeness (QED) is 0.348. The summed E-state index contributed by atoms with van der Waals surface area (Å²) in [5.41, 5.74) is 1.05. The van der Waals surface area contributed by atoms with Gasteiger partial charge >= 0.3 is 0 Å². The van der Waals surface area contributed by atoms with E-state index in [9.17, 15) is 39.2 Å². The minimum Gasteiger partial charge on any atom is -0.510 e. The van der Waals surface area contributed by atoms with Gasteiger partial charge in [0.1, 0.15) is 34.8 Å². The molecule has 6 N–H and O–H groups in total. The number of benzene rings is 1. The van der Waals surface area contributed by atoms with Gasteiger partial charge in [0.2, 0.25) is 5.78 Å². The molecule has 10 nitrogen and oxygen atoms in total. The van der Waals surface area contributed by atoms with E-state index in [1.807, 2.05) is 4.90 Å². The van der Waals surface area contributed by atoms with E-state index in [4.69, 9.17) is 5.73 Å². The molecule has 1 aromatic carbocycles. The second-order valence-electron chi connectivity index (χ2n) is 11.1. The number of piperidine rings is 1. The van der Waals surface area contributed by atoms with Crippen LogP contribution in [-0.2, 0) is 22.6 Å². The average molecular weight is 548 g/mol. The van der Waals surface area contributed by atoms with E-state index in [2.05, 4.69) is 0 Å². The van der Waals surface area contributed by atoms with E-state index in [0.717, 1.165) is 6.07 Å². The number of halogens is 2. The third kappa shape index (κ3) is 3.95. The number of likely N-dealkylation sites (tertiary alicyclic amines) is 1. The first-order valence-corrected chi connectivity index (χ1v) is 12.8. The zero-order valence-electron chi connectivity index (χ0n) is 21.6. The third-order valence-electron chi connectivity index (χ3n) is 8.64. The van der Waals surface area contributed by atoms with Crippen molar-refractivity contribution in [2.75, 3.05) is 27.2 Å². The summed E-state index contributed by atoms with van der Waals surface area (Å²) >= 11 is 0. The Kier molecular flexibility index (Phi) is 6.55. The summed E-state index contributed by atoms with van der Waals surface area (Å²) in [6.07, 6.45) is -0.522. The lowest BCUT2D eigenvalue weighted by atomic mass is 9.58. The summed E-state index contributed by atoms with van der Waals surface area (Å²) in [5.74, 6) is -8.51. The van der Waals surface area contributed by atoms with Gasteiger partial charge < -0.3 is 26.2 Å². The summed E-state index contributed by atoms with van der Waals surface area (Å²) in [6.45, 7) is 0.955. The number of rotatable bonds is 4. The van der Waals surface area contributed by atoms with Crippen molar-refractivity contribution < 1.29 is 43.6 Å². The number of ketones is 2. The van der Waals surface area contributed by atoms with Crippen LogP contribution in [0.25, 0.3) is 0 Å². The number of nitrogens with two attached hydrogens (primary N) is 1. The molecule has 5 rings (SSSR count). The Labute approximate surface area is 223 Å². The molecular weight excluding hydrogens is 516 g/mol. The topological polar surface area (TPSA) is 165 Å². The van der Waals surface area contributed by atoms with E-state index >= 15 is 4.39 Å². The Balaban J connectivity index is 1.60. The second-order valence-corrected chi connectivity index (χ2v) is 11.1. The molecular formula is C27H31F2N3O7. The van der Waals surface area contributed by atoms with Gasteiger partial charge in [0, 0.05) is 42.3 Å². The third-order valence-corrected chi connectivity index (χ3v) is 8.64. The number of carbonyl (C=O) groups excluding carboxylic acids is 3. The summed E-state index contributed by atoms with van der Waals surface area (Å²) in [7, 11) is 3.06. The van der Waals surface area contributed by atoms with Crippen molar-refractivity contribution in [3.05, 3.63) is 51.2 Å². The molecule has 4 atom stereocenters. The number of hydrogen-bond donors (Lipinski definition) is 5. The minimum atomic E-state index is -2.75. The van der Waals surface area contributed by atoms with Crippen molar-refractivity contribution in [2.24, 2.45) is 17.6 Å². The number of fused-ring (bicyclic) bond motifs is 3. The number of phenolic OH excluding ortho intramolecular Hbond substituents is 1. The minimum absolute atomic E-state index is 0.0523. The summed E-state index contributed by atoms with van der Waals surface area (Å²) in [6, 6.07) is 0.00417. The van der Waals surface area contributed by atoms with Crippen LogP contribution in [0, 0.1) is 17.7 Å². The van der Waals surface area contributed by atoms with E-state index in [1.54, 1.807) is 0 Å². The predicted molar refractivity (Wildman–Crippen MR) is 133 cm³/mol. The number of hydrogen-bond acceptors (Lipinski definition) is 9. The number of primary amides is 1. The molecule has 1 fully saturated rings. The van der Waals surface area contributed by atoms with Crippen LogP contribution >= 0.6 is 0 Å². The number of alkyl halides is 1. The van der Waals surface area contributed by atoms with Crippen LogP contribution in [0.3, 0.4) is 0 Å². The number of carbonyl (C=O) groups is 3. The van der Waals surface area contributed by atoms with Crippen molar-refractivity contribution >= 4 is 17.5 Å². The van der Waals surface area contributed by atoms with Crippen LogP contribution in [0.1, 0.15) is 40.7 Å². The number of aliphatic hydroxyl groups is 3. The van der Waals surface area contributed by atoms with Gasteiger partial charge in [0.25, 0.3) is 5.91 Å². The summed E-state index contributed by atoms with van der Waals surface area (Å²) in [4.78, 5) is 42.2. The van der Waals surface area contributed by atoms with E-state index < -0.39 is 75.8 Å². The molecule has 0 saturated carbocycles. The van der Waals surface area contributed by atoms with Crippen LogP contribution in [-0.4, -0.2) is 92.7 Å². The molecule has 1 aromatic rings. The van der Waals surface area contributed by atoms with E-state index in [0.29, 0.717) is 25.9 Å². The highest BCUT2D eigenvalue weighted by molar-refractivity contribution is 6.24. The molecule has 3 aliphatic carbocycles. The normalized spacial score (nSPS) is 29.9. The first-order valence-electron chi connectivity index (χ1n) is 12.8. The maximum atomic E-state index is 15.8. The average Bonchev–Trinajstić information content (AvgIpc) is 2.85. The zero-order valence-corrected chi connectivity index (χ0v) is 21.6. The monoisotopic (exact) mass is 547 g/mol. The van der Waals surface area contributed by atoms with Crippen LogP contribution in [0.4, 0.5) is 8.78 Å². The number of likely N-dealkylation sites (N-methyl/N-ethyl adjacent to an activating group) is 1. The maximum absolute atomic E-state index is 15.8. The van der Waals surface area contributed by atoms with Crippen LogP contribution in [0.15, 0.2) is 28.7 Å². The van der Waals surface area contributed by atoms with Crippen LogP contribution in [0.2, 0.25) is 0 Å². The largest absolute Gasteiger partial charge is 0.510 e. The fraction of sp³-hybridized carbons (Fsp3) is 0.519. The SMILES string of the molecule is CN(C)[C@@H]1C(O)=C(C(N)=O)C(=O)[C@@]2(O)C(O)=C3C(=O)c4c(O)cc(CN5CCC(F)CC5)c(F)c4C[C@H]3C[C@@H]12. The molecule has 1 heterocycles. The molecule has 0 aromatic heterocycles. The van der Waals surface area contributed by atoms with Gasteiger partial charge in [-0.05, 0) is 51.8 Å². The van der Waals surface area contributed by atoms with Crippen molar-refractivity contribution in [3.8, 4) is 5.75 Å². The maximum Gasteiger partial charge on any atom is 0.255 e. The van der Waals surface area contributed by atoms with Crippen molar-refractivity contribution in [2.45, 2.75) is 50.0 Å². The lowest BCUT2D eigenvalue weighted by Gasteiger charge is -2.50. The first kappa shape index (κ1) is 27.2. The molecule has 1 saturated heterocycles. The Morgan fingerprint density at radius 1 is 1.21 bits per heavy atom. The van der Waals surface area contributed by atoms with Crippen molar-refractivity contribution in [3.63, 3.8) is 0 Å². The number of Topliss-reactive ketones (excluding diaryl/α,β-unsaturated/α-hetero) is 2. The smallest absolute Gasteiger partial charge is 0.255 e. The Hall–Kier alpha value is -3.35. The van der Waals surface area contributed by atoms with Crippen LogP contribution < -0.4 is 5.73 Å². The van der Waals surface area contributed by atoms with Gasteiger partial charge in [-0.3, -0.25) is 24.2 Å². The van der Waals surface area contributed by atoms with Crippen molar-refractivity contribution in [1.82, 2.24) is 9.80 Å². The molecule has 12 heteroatoms. The molecule has 1 aliphatic heterocycles. The van der Waals surface area contributed by atoms with Gasteiger partial charge in [0.05, 0.1) is 11.6 Å². The van der Waals surface area contributed by atoms with Gasteiger partial charge in [-0.25, -0.2) is 8.78 Å². The second kappa shape index (κ2) is 9.39.